The van der Waals surface area contributed by atoms with Gasteiger partial charge in [0.2, 0.25) is 0 Å². The Bertz CT molecular complexity index is 3730. The Balaban J connectivity index is 0.909. The quantitative estimate of drug-likeness (QED) is 0.130. The van der Waals surface area contributed by atoms with Crippen LogP contribution in [0.25, 0.3) is 49.9 Å². The number of fused-ring (bicyclic) bond motifs is 4. The maximum absolute atomic E-state index is 8.61. The van der Waals surface area contributed by atoms with Crippen molar-refractivity contribution in [2.24, 2.45) is 0 Å². The Labute approximate surface area is 412 Å². The summed E-state index contributed by atoms with van der Waals surface area (Å²) in [7, 11) is 0. The van der Waals surface area contributed by atoms with Gasteiger partial charge in [0.1, 0.15) is 18.2 Å². The first-order chi connectivity index (χ1) is 36.8. The second kappa shape index (κ2) is 17.6. The van der Waals surface area contributed by atoms with Crippen LogP contribution in [0.1, 0.15) is 96.4 Å². The minimum Gasteiger partial charge on any atom is -0.489 e. The van der Waals surface area contributed by atoms with Gasteiger partial charge in [-0.05, 0) is 136 Å². The van der Waals surface area contributed by atoms with Crippen LogP contribution < -0.4 is 14.5 Å². The van der Waals surface area contributed by atoms with Crippen LogP contribution in [-0.4, -0.2) is 22.8 Å². The van der Waals surface area contributed by atoms with Gasteiger partial charge in [-0.1, -0.05) is 151 Å². The number of hydrogen-bond acceptors (Lipinski definition) is 4. The van der Waals surface area contributed by atoms with Crippen molar-refractivity contribution in [3.63, 3.8) is 0 Å². The highest BCUT2D eigenvalue weighted by molar-refractivity contribution is 6.09. The Hall–Kier alpha value is -7.11. The number of rotatable bonds is 11. The number of nitrogens with zero attached hydrogens (tertiary/aromatic N) is 4. The fourth-order valence-electron chi connectivity index (χ4n) is 9.34. The van der Waals surface area contributed by atoms with Crippen molar-refractivity contribution in [1.29, 1.82) is 0 Å². The molecule has 0 bridgehead atoms. The molecule has 0 radical (unpaired) electrons. The molecule has 5 nitrogen and oxygen atoms in total. The lowest BCUT2D eigenvalue weighted by Crippen LogP contribution is -2.29. The molecule has 1 aliphatic heterocycles. The lowest BCUT2D eigenvalue weighted by Gasteiger charge is -2.27. The Morgan fingerprint density at radius 1 is 0.642 bits per heavy atom. The lowest BCUT2D eigenvalue weighted by molar-refractivity contribution is 0.306. The molecule has 0 aliphatic carbocycles. The second-order valence-corrected chi connectivity index (χ2v) is 19.6. The average molecular weight is 890 g/mol. The normalized spacial score (nSPS) is 15.6. The van der Waals surface area contributed by atoms with E-state index in [1.54, 1.807) is 6.07 Å². The summed E-state index contributed by atoms with van der Waals surface area (Å²) < 4.78 is 102. The molecule has 3 heterocycles. The van der Waals surface area contributed by atoms with E-state index in [1.807, 2.05) is 71.3 Å². The minimum absolute atomic E-state index is 0.0654. The average Bonchev–Trinajstić information content (AvgIpc) is 4.03. The molecule has 336 valence electrons. The predicted molar refractivity (Wildman–Crippen MR) is 283 cm³/mol. The molecule has 0 spiro atoms. The zero-order chi connectivity index (χ0) is 55.8. The van der Waals surface area contributed by atoms with Crippen molar-refractivity contribution in [1.82, 2.24) is 9.55 Å². The lowest BCUT2D eigenvalue weighted by atomic mass is 9.78. The molecule has 9 aromatic rings. The van der Waals surface area contributed by atoms with Crippen molar-refractivity contribution >= 4 is 38.9 Å². The molecular formula is C62H62N4O. The molecule has 0 unspecified atom stereocenters. The minimum atomic E-state index is -2.73. The van der Waals surface area contributed by atoms with Crippen LogP contribution in [0, 0.1) is 13.7 Å². The summed E-state index contributed by atoms with van der Waals surface area (Å²) in [5, 5.41) is 1.78. The number of pyridine rings is 1. The van der Waals surface area contributed by atoms with Gasteiger partial charge in [0, 0.05) is 49.1 Å². The van der Waals surface area contributed by atoms with E-state index in [-0.39, 0.29) is 39.9 Å². The zero-order valence-electron chi connectivity index (χ0n) is 50.0. The SMILES string of the molecule is [2H]c1c([2H])c([2H])c(-c2cnc(-n3c4ccccc4c4ccc(OCc5cccc(N6CN(CCCc7c(-c8cc(C(C)(C)C)cc(C(C)(C)C)c8)cccc7C([2H])([2H])[2H])c7ccccc76)c5)cc43)cc2C([2H])([2H])[2H])c([2H])c1[2H]. The Morgan fingerprint density at radius 2 is 1.37 bits per heavy atom. The molecular weight excluding hydrogens is 817 g/mol. The number of aryl methyl sites for hydroxylation is 2. The van der Waals surface area contributed by atoms with Crippen LogP contribution in [0.3, 0.4) is 0 Å². The van der Waals surface area contributed by atoms with E-state index in [0.717, 1.165) is 62.0 Å². The first-order valence-corrected chi connectivity index (χ1v) is 23.0. The van der Waals surface area contributed by atoms with Crippen LogP contribution in [-0.2, 0) is 23.9 Å². The van der Waals surface area contributed by atoms with E-state index in [9.17, 15) is 0 Å². The molecule has 7 aromatic carbocycles. The number of hydrogen-bond donors (Lipinski definition) is 0. The van der Waals surface area contributed by atoms with Gasteiger partial charge in [-0.2, -0.15) is 0 Å². The highest BCUT2D eigenvalue weighted by Crippen LogP contribution is 2.42. The molecule has 1 aliphatic rings. The predicted octanol–water partition coefficient (Wildman–Crippen LogP) is 15.9. The molecule has 67 heavy (non-hydrogen) atoms. The van der Waals surface area contributed by atoms with E-state index < -0.39 is 43.9 Å². The van der Waals surface area contributed by atoms with E-state index >= 15 is 0 Å². The maximum atomic E-state index is 8.61. The van der Waals surface area contributed by atoms with Crippen LogP contribution in [0.2, 0.25) is 0 Å². The second-order valence-electron chi connectivity index (χ2n) is 19.6. The van der Waals surface area contributed by atoms with Crippen LogP contribution in [0.4, 0.5) is 17.1 Å². The van der Waals surface area contributed by atoms with Crippen molar-refractivity contribution < 1.29 is 19.8 Å². The van der Waals surface area contributed by atoms with Gasteiger partial charge in [0.15, 0.2) is 0 Å². The van der Waals surface area contributed by atoms with Crippen molar-refractivity contribution in [3.8, 4) is 33.8 Å². The van der Waals surface area contributed by atoms with Gasteiger partial charge in [-0.15, -0.1) is 0 Å². The summed E-state index contributed by atoms with van der Waals surface area (Å²) in [6, 6.07) is 41.3. The molecule has 0 atom stereocenters. The fourth-order valence-corrected chi connectivity index (χ4v) is 9.34. The molecule has 0 saturated heterocycles. The standard InChI is InChI=1S/C62H62N4O/c1-42-19-16-25-52(46-35-47(61(3,4)5)37-48(36-46)62(6,7)8)51(42)26-18-32-64-41-65(58-29-15-14-28-57(58)64)49-23-17-20-44(34-49)40-67-50-30-31-54-53-24-12-13-27-56(53)66(59(54)38-50)60-33-43(2)55(39-63-60)45-21-10-9-11-22-45/h9-17,19-25,27-31,33-39H,18,26,32,40-41H2,1-8H3/i1D3,2D3,9D,10D,11D,21D,22D. The van der Waals surface area contributed by atoms with E-state index in [4.69, 9.17) is 24.8 Å². The van der Waals surface area contributed by atoms with Crippen molar-refractivity contribution in [2.45, 2.75) is 85.5 Å². The number of benzene rings is 7. The number of aromatic nitrogens is 2. The first kappa shape index (κ1) is 32.5. The molecule has 0 fully saturated rings. The molecule has 0 N–H and O–H groups in total. The topological polar surface area (TPSA) is 33.5 Å². The summed E-state index contributed by atoms with van der Waals surface area (Å²) >= 11 is 0. The third-order valence-corrected chi connectivity index (χ3v) is 13.0. The zero-order valence-corrected chi connectivity index (χ0v) is 39.0. The highest BCUT2D eigenvalue weighted by atomic mass is 16.5. The number of ether oxygens (including phenoxy) is 1. The molecule has 0 amide bonds. The largest absolute Gasteiger partial charge is 0.489 e. The van der Waals surface area contributed by atoms with Crippen molar-refractivity contribution in [2.75, 3.05) is 23.0 Å². The van der Waals surface area contributed by atoms with Crippen LogP contribution in [0.5, 0.6) is 5.75 Å². The summed E-state index contributed by atoms with van der Waals surface area (Å²) in [6.07, 6.45) is 2.60. The fraction of sp³-hybridized carbons (Fsp3) is 0.242. The molecule has 2 aromatic heterocycles. The van der Waals surface area contributed by atoms with Gasteiger partial charge in [0.05, 0.1) is 35.9 Å². The smallest absolute Gasteiger partial charge is 0.137 e. The Kier molecular flexibility index (Phi) is 8.55. The van der Waals surface area contributed by atoms with Gasteiger partial charge in [0.25, 0.3) is 0 Å². The first-order valence-electron chi connectivity index (χ1n) is 28.5. The van der Waals surface area contributed by atoms with Crippen LogP contribution >= 0.6 is 0 Å². The van der Waals surface area contributed by atoms with E-state index in [0.29, 0.717) is 36.5 Å². The Morgan fingerprint density at radius 3 is 2.15 bits per heavy atom. The molecule has 10 rings (SSSR count). The third kappa shape index (κ3) is 8.71. The summed E-state index contributed by atoms with van der Waals surface area (Å²) in [6.45, 7) is 9.84. The maximum Gasteiger partial charge on any atom is 0.137 e. The molecule has 5 heteroatoms. The third-order valence-electron chi connectivity index (χ3n) is 13.0. The van der Waals surface area contributed by atoms with E-state index in [1.165, 1.54) is 23.4 Å². The van der Waals surface area contributed by atoms with Gasteiger partial charge >= 0.3 is 0 Å². The number of anilines is 3. The summed E-state index contributed by atoms with van der Waals surface area (Å²) in [5.41, 5.74) is 10.6. The van der Waals surface area contributed by atoms with Gasteiger partial charge in [-0.3, -0.25) is 4.57 Å². The summed E-state index contributed by atoms with van der Waals surface area (Å²) in [5.74, 6) is 0.844. The summed E-state index contributed by atoms with van der Waals surface area (Å²) in [4.78, 5) is 9.37. The van der Waals surface area contributed by atoms with Crippen molar-refractivity contribution in [3.05, 3.63) is 203 Å². The number of para-hydroxylation sites is 3. The van der Waals surface area contributed by atoms with Crippen LogP contribution in [0.15, 0.2) is 170 Å². The van der Waals surface area contributed by atoms with Gasteiger partial charge < -0.3 is 14.5 Å². The van der Waals surface area contributed by atoms with E-state index in [2.05, 4.69) is 106 Å². The van der Waals surface area contributed by atoms with Gasteiger partial charge in [-0.25, -0.2) is 4.98 Å². The molecule has 0 saturated carbocycles. The highest BCUT2D eigenvalue weighted by Gasteiger charge is 2.27. The monoisotopic (exact) mass is 890 g/mol.